The Bertz CT molecular complexity index is 523. The van der Waals surface area contributed by atoms with Gasteiger partial charge in [0.25, 0.3) is 5.91 Å². The first-order valence-electron chi connectivity index (χ1n) is 6.83. The number of anilines is 1. The number of benzene rings is 1. The molecular weight excluding hydrogens is 290 g/mol. The van der Waals surface area contributed by atoms with Crippen molar-refractivity contribution in [3.8, 4) is 0 Å². The molecule has 8 N–H and O–H groups in total. The van der Waals surface area contributed by atoms with E-state index in [4.69, 9.17) is 10.9 Å². The second-order valence-corrected chi connectivity index (χ2v) is 5.14. The Hall–Kier alpha value is -1.71. The Kier molecular flexibility index (Phi) is 6.72. The van der Waals surface area contributed by atoms with Crippen LogP contribution in [0.15, 0.2) is 12.1 Å². The Morgan fingerprint density at radius 2 is 1.77 bits per heavy atom. The summed E-state index contributed by atoms with van der Waals surface area (Å²) in [5, 5.41) is 40.2. The van der Waals surface area contributed by atoms with E-state index in [1.165, 1.54) is 0 Å². The monoisotopic (exact) mass is 313 g/mol. The lowest BCUT2D eigenvalue weighted by Crippen LogP contribution is -2.43. The summed E-state index contributed by atoms with van der Waals surface area (Å²) in [4.78, 5) is 11.8. The van der Waals surface area contributed by atoms with Crippen LogP contribution >= 0.6 is 0 Å². The van der Waals surface area contributed by atoms with Crippen molar-refractivity contribution in [3.05, 3.63) is 28.8 Å². The zero-order valence-corrected chi connectivity index (χ0v) is 12.6. The van der Waals surface area contributed by atoms with Crippen LogP contribution in [0.5, 0.6) is 0 Å². The minimum Gasteiger partial charge on any atom is -0.394 e. The fraction of sp³-hybridized carbons (Fsp3) is 0.500. The van der Waals surface area contributed by atoms with Gasteiger partial charge in [-0.2, -0.15) is 0 Å². The number of aryl methyl sites for hydroxylation is 2. The van der Waals surface area contributed by atoms with Crippen molar-refractivity contribution in [2.45, 2.75) is 32.2 Å². The summed E-state index contributed by atoms with van der Waals surface area (Å²) in [5.41, 5.74) is 4.62. The van der Waals surface area contributed by atoms with E-state index in [0.29, 0.717) is 11.3 Å². The number of aliphatic hydroxyl groups is 4. The van der Waals surface area contributed by atoms with Crippen molar-refractivity contribution in [2.75, 3.05) is 18.5 Å². The van der Waals surface area contributed by atoms with Gasteiger partial charge in [0.2, 0.25) is 0 Å². The molecule has 8 nitrogen and oxygen atoms in total. The van der Waals surface area contributed by atoms with Crippen molar-refractivity contribution in [1.82, 2.24) is 5.43 Å². The molecule has 0 saturated carbocycles. The van der Waals surface area contributed by atoms with Crippen LogP contribution in [0.2, 0.25) is 0 Å². The molecule has 0 fully saturated rings. The fourth-order valence-corrected chi connectivity index (χ4v) is 1.93. The van der Waals surface area contributed by atoms with E-state index in [0.717, 1.165) is 11.1 Å². The van der Waals surface area contributed by atoms with Gasteiger partial charge in [0.1, 0.15) is 12.2 Å². The minimum absolute atomic E-state index is 0.119. The number of carbonyl (C=O) groups is 1. The third-order valence-electron chi connectivity index (χ3n) is 3.49. The summed E-state index contributed by atoms with van der Waals surface area (Å²) in [6, 6.07) is 3.38. The highest BCUT2D eigenvalue weighted by molar-refractivity contribution is 5.99. The molecule has 1 aromatic rings. The van der Waals surface area contributed by atoms with Crippen molar-refractivity contribution in [1.29, 1.82) is 0 Å². The van der Waals surface area contributed by atoms with E-state index in [9.17, 15) is 20.1 Å². The van der Waals surface area contributed by atoms with Gasteiger partial charge >= 0.3 is 0 Å². The minimum atomic E-state index is -1.50. The molecular formula is C14H23N3O5. The molecule has 0 saturated heterocycles. The summed E-state index contributed by atoms with van der Waals surface area (Å²) in [6.45, 7) is 2.93. The topological polar surface area (TPSA) is 148 Å². The predicted octanol–water partition coefficient (Wildman–Crippen LogP) is -1.61. The fourth-order valence-electron chi connectivity index (χ4n) is 1.93. The zero-order chi connectivity index (χ0) is 16.9. The average Bonchev–Trinajstić information content (AvgIpc) is 2.52. The molecule has 0 aromatic heterocycles. The molecule has 0 bridgehead atoms. The van der Waals surface area contributed by atoms with E-state index in [-0.39, 0.29) is 6.54 Å². The van der Waals surface area contributed by atoms with Crippen LogP contribution in [0, 0.1) is 13.8 Å². The van der Waals surface area contributed by atoms with Crippen LogP contribution in [-0.2, 0) is 0 Å². The number of nitrogen functional groups attached to an aromatic ring is 1. The van der Waals surface area contributed by atoms with Crippen LogP contribution in [0.4, 0.5) is 5.69 Å². The van der Waals surface area contributed by atoms with E-state index >= 15 is 0 Å². The Morgan fingerprint density at radius 3 is 2.32 bits per heavy atom. The number of amides is 1. The van der Waals surface area contributed by atoms with E-state index in [1.807, 2.05) is 19.3 Å². The summed E-state index contributed by atoms with van der Waals surface area (Å²) in [7, 11) is 0. The molecule has 1 rings (SSSR count). The molecule has 0 aliphatic heterocycles. The lowest BCUT2D eigenvalue weighted by Gasteiger charge is -2.23. The third kappa shape index (κ3) is 4.39. The largest absolute Gasteiger partial charge is 0.394 e. The molecule has 3 unspecified atom stereocenters. The van der Waals surface area contributed by atoms with E-state index in [1.54, 1.807) is 12.1 Å². The number of carbonyl (C=O) groups excluding carboxylic acids is 1. The first-order chi connectivity index (χ1) is 10.3. The lowest BCUT2D eigenvalue weighted by atomic mass is 10.0. The van der Waals surface area contributed by atoms with Crippen LogP contribution in [0.3, 0.4) is 0 Å². The highest BCUT2D eigenvalue weighted by atomic mass is 16.4. The second-order valence-electron chi connectivity index (χ2n) is 5.14. The molecule has 22 heavy (non-hydrogen) atoms. The predicted molar refractivity (Wildman–Crippen MR) is 81.2 cm³/mol. The number of hydrogen-bond acceptors (Lipinski definition) is 7. The maximum atomic E-state index is 11.8. The van der Waals surface area contributed by atoms with Crippen molar-refractivity contribution in [2.24, 2.45) is 5.84 Å². The summed E-state index contributed by atoms with van der Waals surface area (Å²) in [6.07, 6.45) is -4.27. The maximum absolute atomic E-state index is 11.8. The number of rotatable bonds is 7. The highest BCUT2D eigenvalue weighted by Gasteiger charge is 2.24. The smallest absolute Gasteiger partial charge is 0.267 e. The molecule has 124 valence electrons. The van der Waals surface area contributed by atoms with E-state index in [2.05, 4.69) is 5.32 Å². The van der Waals surface area contributed by atoms with Gasteiger partial charge in [-0.15, -0.1) is 0 Å². The SMILES string of the molecule is Cc1cc(NCC(O)C(O)C(O)CO)c(C(=O)NN)cc1C. The zero-order valence-electron chi connectivity index (χ0n) is 12.6. The van der Waals surface area contributed by atoms with Gasteiger partial charge in [-0.3, -0.25) is 10.2 Å². The summed E-state index contributed by atoms with van der Waals surface area (Å²) >= 11 is 0. The maximum Gasteiger partial charge on any atom is 0.267 e. The Balaban J connectivity index is 2.89. The number of nitrogens with one attached hydrogen (secondary N) is 2. The van der Waals surface area contributed by atoms with Crippen molar-refractivity contribution in [3.63, 3.8) is 0 Å². The van der Waals surface area contributed by atoms with Crippen molar-refractivity contribution >= 4 is 11.6 Å². The first kappa shape index (κ1) is 18.3. The summed E-state index contributed by atoms with van der Waals surface area (Å²) in [5.74, 6) is 4.66. The average molecular weight is 313 g/mol. The van der Waals surface area contributed by atoms with Crippen molar-refractivity contribution < 1.29 is 25.2 Å². The van der Waals surface area contributed by atoms with Gasteiger partial charge in [0.15, 0.2) is 0 Å². The molecule has 0 aliphatic rings. The van der Waals surface area contributed by atoms with Crippen LogP contribution < -0.4 is 16.6 Å². The third-order valence-corrected chi connectivity index (χ3v) is 3.49. The first-order valence-corrected chi connectivity index (χ1v) is 6.83. The quantitative estimate of drug-likeness (QED) is 0.182. The van der Waals surface area contributed by atoms with Crippen LogP contribution in [0.1, 0.15) is 21.5 Å². The molecule has 8 heteroatoms. The normalized spacial score (nSPS) is 15.0. The number of nitrogens with two attached hydrogens (primary N) is 1. The lowest BCUT2D eigenvalue weighted by molar-refractivity contribution is -0.0715. The molecule has 3 atom stereocenters. The number of hydrogen-bond donors (Lipinski definition) is 7. The van der Waals surface area contributed by atoms with Gasteiger partial charge in [0, 0.05) is 12.2 Å². The highest BCUT2D eigenvalue weighted by Crippen LogP contribution is 2.21. The Morgan fingerprint density at radius 1 is 1.18 bits per heavy atom. The van der Waals surface area contributed by atoms with Gasteiger partial charge in [0.05, 0.1) is 18.3 Å². The number of hydrazine groups is 1. The summed E-state index contributed by atoms with van der Waals surface area (Å²) < 4.78 is 0. The number of aliphatic hydroxyl groups excluding tert-OH is 4. The van der Waals surface area contributed by atoms with Gasteiger partial charge in [-0.1, -0.05) is 0 Å². The molecule has 0 heterocycles. The molecule has 0 spiro atoms. The van der Waals surface area contributed by atoms with Gasteiger partial charge in [-0.05, 0) is 37.1 Å². The van der Waals surface area contributed by atoms with Crippen LogP contribution in [-0.4, -0.2) is 57.8 Å². The Labute approximate surface area is 128 Å². The van der Waals surface area contributed by atoms with E-state index < -0.39 is 30.8 Å². The standard InChI is InChI=1S/C14H23N3O5/c1-7-3-9(14(22)17-15)10(4-8(7)2)16-5-11(19)13(21)12(20)6-18/h3-4,11-13,16,18-21H,5-6,15H2,1-2H3,(H,17,22). The molecule has 0 radical (unpaired) electrons. The molecule has 1 aromatic carbocycles. The van der Waals surface area contributed by atoms with Gasteiger partial charge < -0.3 is 25.7 Å². The molecule has 0 aliphatic carbocycles. The van der Waals surface area contributed by atoms with Gasteiger partial charge in [-0.25, -0.2) is 5.84 Å². The molecule has 1 amide bonds. The van der Waals surface area contributed by atoms with Crippen LogP contribution in [0.25, 0.3) is 0 Å². The second kappa shape index (κ2) is 8.06.